The van der Waals surface area contributed by atoms with E-state index < -0.39 is 0 Å². The predicted molar refractivity (Wildman–Crippen MR) is 55.3 cm³/mol. The molecule has 0 bridgehead atoms. The number of hydrogen-bond donors (Lipinski definition) is 1. The highest BCUT2D eigenvalue weighted by Gasteiger charge is 2.20. The first-order valence-electron chi connectivity index (χ1n) is 4.50. The number of hydrogen-bond acceptors (Lipinski definition) is 3. The Balaban J connectivity index is 2.15. The molecule has 0 amide bonds. The van der Waals surface area contributed by atoms with E-state index in [9.17, 15) is 0 Å². The van der Waals surface area contributed by atoms with Gasteiger partial charge in [0.05, 0.1) is 7.11 Å². The molecule has 0 aromatic heterocycles. The zero-order chi connectivity index (χ0) is 9.97. The summed E-state index contributed by atoms with van der Waals surface area (Å²) in [5.41, 5.74) is 0. The van der Waals surface area contributed by atoms with Crippen LogP contribution in [0.2, 0.25) is 5.02 Å². The molecule has 2 rings (SSSR count). The van der Waals surface area contributed by atoms with E-state index in [0.717, 1.165) is 18.8 Å². The van der Waals surface area contributed by atoms with E-state index in [0.29, 0.717) is 10.8 Å². The van der Waals surface area contributed by atoms with Crippen LogP contribution in [0.4, 0.5) is 0 Å². The van der Waals surface area contributed by atoms with Crippen LogP contribution in [0.25, 0.3) is 0 Å². The summed E-state index contributed by atoms with van der Waals surface area (Å²) in [6, 6.07) is 5.37. The zero-order valence-electron chi connectivity index (χ0n) is 7.92. The van der Waals surface area contributed by atoms with Gasteiger partial charge in [0.15, 0.2) is 11.5 Å². The number of nitrogens with one attached hydrogen (secondary N) is 1. The van der Waals surface area contributed by atoms with Crippen LogP contribution in [0, 0.1) is 0 Å². The lowest BCUT2D eigenvalue weighted by Gasteiger charge is -2.28. The van der Waals surface area contributed by atoms with Crippen molar-refractivity contribution in [1.82, 2.24) is 5.32 Å². The van der Waals surface area contributed by atoms with Gasteiger partial charge in [-0.25, -0.2) is 0 Å². The van der Waals surface area contributed by atoms with Gasteiger partial charge in [0.2, 0.25) is 0 Å². The summed E-state index contributed by atoms with van der Waals surface area (Å²) in [4.78, 5) is 0. The highest BCUT2D eigenvalue weighted by Crippen LogP contribution is 2.31. The van der Waals surface area contributed by atoms with Gasteiger partial charge >= 0.3 is 0 Å². The topological polar surface area (TPSA) is 30.5 Å². The predicted octanol–water partition coefficient (Wildman–Crippen LogP) is 1.70. The molecule has 0 saturated carbocycles. The van der Waals surface area contributed by atoms with E-state index in [1.165, 1.54) is 0 Å². The van der Waals surface area contributed by atoms with Crippen LogP contribution in [0.15, 0.2) is 18.2 Å². The first-order chi connectivity index (χ1) is 6.79. The van der Waals surface area contributed by atoms with Crippen molar-refractivity contribution in [3.8, 4) is 11.5 Å². The molecule has 1 fully saturated rings. The quantitative estimate of drug-likeness (QED) is 0.829. The van der Waals surface area contributed by atoms with Crippen molar-refractivity contribution in [1.29, 1.82) is 0 Å². The van der Waals surface area contributed by atoms with Gasteiger partial charge in [0.1, 0.15) is 6.10 Å². The van der Waals surface area contributed by atoms with Crippen molar-refractivity contribution in [3.05, 3.63) is 23.2 Å². The summed E-state index contributed by atoms with van der Waals surface area (Å²) in [5, 5.41) is 3.80. The third-order valence-electron chi connectivity index (χ3n) is 2.16. The van der Waals surface area contributed by atoms with Crippen molar-refractivity contribution in [2.24, 2.45) is 0 Å². The monoisotopic (exact) mass is 213 g/mol. The minimum atomic E-state index is 0.238. The van der Waals surface area contributed by atoms with Crippen molar-refractivity contribution < 1.29 is 9.47 Å². The third-order valence-corrected chi connectivity index (χ3v) is 2.40. The summed E-state index contributed by atoms with van der Waals surface area (Å²) < 4.78 is 10.8. The summed E-state index contributed by atoms with van der Waals surface area (Å²) in [6.45, 7) is 1.77. The summed E-state index contributed by atoms with van der Waals surface area (Å²) in [5.74, 6) is 1.44. The minimum Gasteiger partial charge on any atom is -0.493 e. The fourth-order valence-corrected chi connectivity index (χ4v) is 1.43. The number of halogens is 1. The van der Waals surface area contributed by atoms with Gasteiger partial charge in [0.25, 0.3) is 0 Å². The fourth-order valence-electron chi connectivity index (χ4n) is 1.27. The Morgan fingerprint density at radius 3 is 2.71 bits per heavy atom. The van der Waals surface area contributed by atoms with E-state index in [1.54, 1.807) is 19.2 Å². The lowest BCUT2D eigenvalue weighted by molar-refractivity contribution is 0.137. The van der Waals surface area contributed by atoms with Gasteiger partial charge in [-0.05, 0) is 12.1 Å². The van der Waals surface area contributed by atoms with Crippen molar-refractivity contribution >= 4 is 11.6 Å². The molecule has 0 atom stereocenters. The van der Waals surface area contributed by atoms with Crippen LogP contribution in [0.1, 0.15) is 0 Å². The summed E-state index contributed by atoms with van der Waals surface area (Å²) in [7, 11) is 1.62. The SMILES string of the molecule is COc1ccc(Cl)cc1OC1CNC1. The second kappa shape index (κ2) is 4.07. The molecule has 14 heavy (non-hydrogen) atoms. The average Bonchev–Trinajstić information content (AvgIpc) is 2.12. The maximum atomic E-state index is 5.87. The van der Waals surface area contributed by atoms with Crippen LogP contribution in [0.3, 0.4) is 0 Å². The van der Waals surface area contributed by atoms with E-state index in [2.05, 4.69) is 5.32 Å². The van der Waals surface area contributed by atoms with Gasteiger partial charge in [-0.15, -0.1) is 0 Å². The first-order valence-corrected chi connectivity index (χ1v) is 4.88. The van der Waals surface area contributed by atoms with Crippen LogP contribution >= 0.6 is 11.6 Å². The van der Waals surface area contributed by atoms with Crippen LogP contribution < -0.4 is 14.8 Å². The van der Waals surface area contributed by atoms with Crippen LogP contribution in [-0.4, -0.2) is 26.3 Å². The maximum Gasteiger partial charge on any atom is 0.163 e. The molecule has 76 valence electrons. The molecule has 1 aliphatic heterocycles. The highest BCUT2D eigenvalue weighted by atomic mass is 35.5. The molecule has 0 aliphatic carbocycles. The van der Waals surface area contributed by atoms with E-state index in [4.69, 9.17) is 21.1 Å². The fraction of sp³-hybridized carbons (Fsp3) is 0.400. The molecule has 1 saturated heterocycles. The van der Waals surface area contributed by atoms with Gasteiger partial charge in [0, 0.05) is 24.2 Å². The molecule has 1 aliphatic rings. The molecule has 0 unspecified atom stereocenters. The standard InChI is InChI=1S/C10H12ClNO2/c1-13-9-3-2-7(11)4-10(9)14-8-5-12-6-8/h2-4,8,12H,5-6H2,1H3. The number of benzene rings is 1. The largest absolute Gasteiger partial charge is 0.493 e. The Hall–Kier alpha value is -0.930. The van der Waals surface area contributed by atoms with Gasteiger partial charge in [-0.3, -0.25) is 0 Å². The van der Waals surface area contributed by atoms with Crippen molar-refractivity contribution in [3.63, 3.8) is 0 Å². The Morgan fingerprint density at radius 1 is 1.36 bits per heavy atom. The maximum absolute atomic E-state index is 5.87. The normalized spacial score (nSPS) is 16.1. The van der Waals surface area contributed by atoms with Gasteiger partial charge < -0.3 is 14.8 Å². The minimum absolute atomic E-state index is 0.238. The first kappa shape index (κ1) is 9.62. The van der Waals surface area contributed by atoms with E-state index in [-0.39, 0.29) is 6.10 Å². The third kappa shape index (κ3) is 1.94. The molecule has 1 aromatic rings. The van der Waals surface area contributed by atoms with Crippen LogP contribution in [0.5, 0.6) is 11.5 Å². The summed E-state index contributed by atoms with van der Waals surface area (Å²) >= 11 is 5.87. The smallest absolute Gasteiger partial charge is 0.163 e. The number of ether oxygens (including phenoxy) is 2. The number of methoxy groups -OCH3 is 1. The highest BCUT2D eigenvalue weighted by molar-refractivity contribution is 6.30. The Morgan fingerprint density at radius 2 is 2.14 bits per heavy atom. The lowest BCUT2D eigenvalue weighted by atomic mass is 10.2. The Bertz CT molecular complexity index is 326. The molecule has 0 spiro atoms. The van der Waals surface area contributed by atoms with Crippen molar-refractivity contribution in [2.45, 2.75) is 6.10 Å². The Labute approximate surface area is 88.0 Å². The van der Waals surface area contributed by atoms with Crippen LogP contribution in [-0.2, 0) is 0 Å². The molecule has 1 heterocycles. The molecule has 0 radical (unpaired) electrons. The van der Waals surface area contributed by atoms with Crippen molar-refractivity contribution in [2.75, 3.05) is 20.2 Å². The molecular weight excluding hydrogens is 202 g/mol. The van der Waals surface area contributed by atoms with Gasteiger partial charge in [-0.1, -0.05) is 11.6 Å². The molecule has 4 heteroatoms. The molecule has 1 N–H and O–H groups in total. The molecule has 1 aromatic carbocycles. The van der Waals surface area contributed by atoms with E-state index >= 15 is 0 Å². The van der Waals surface area contributed by atoms with E-state index in [1.807, 2.05) is 6.07 Å². The number of rotatable bonds is 3. The second-order valence-electron chi connectivity index (χ2n) is 3.19. The lowest BCUT2D eigenvalue weighted by Crippen LogP contribution is -2.50. The average molecular weight is 214 g/mol. The second-order valence-corrected chi connectivity index (χ2v) is 3.63. The van der Waals surface area contributed by atoms with Gasteiger partial charge in [-0.2, -0.15) is 0 Å². The summed E-state index contributed by atoms with van der Waals surface area (Å²) in [6.07, 6.45) is 0.238. The Kier molecular flexibility index (Phi) is 2.79. The molecular formula is C10H12ClNO2. The zero-order valence-corrected chi connectivity index (χ0v) is 8.67. The molecule has 3 nitrogen and oxygen atoms in total.